The normalized spacial score (nSPS) is 13.1. The summed E-state index contributed by atoms with van der Waals surface area (Å²) in [5.41, 5.74) is 15.7. The molecule has 2 heterocycles. The van der Waals surface area contributed by atoms with E-state index < -0.39 is 5.41 Å². The number of hydrogen-bond donors (Lipinski definition) is 0. The van der Waals surface area contributed by atoms with E-state index in [4.69, 9.17) is 19.9 Å². The van der Waals surface area contributed by atoms with E-state index in [0.29, 0.717) is 17.5 Å². The van der Waals surface area contributed by atoms with Gasteiger partial charge in [0.2, 0.25) is 0 Å². The van der Waals surface area contributed by atoms with Gasteiger partial charge in [0.25, 0.3) is 0 Å². The van der Waals surface area contributed by atoms with E-state index >= 15 is 0 Å². The van der Waals surface area contributed by atoms with Gasteiger partial charge in [0.1, 0.15) is 0 Å². The van der Waals surface area contributed by atoms with Crippen LogP contribution >= 0.6 is 0 Å². The average Bonchev–Trinajstić information content (AvgIpc) is 3.77. The van der Waals surface area contributed by atoms with Crippen LogP contribution in [0.25, 0.3) is 89.4 Å². The quantitative estimate of drug-likeness (QED) is 0.170. The Kier molecular flexibility index (Phi) is 6.81. The Hall–Kier alpha value is -7.56. The molecule has 2 aliphatic carbocycles. The van der Waals surface area contributed by atoms with Crippen LogP contribution in [0.1, 0.15) is 22.3 Å². The van der Waals surface area contributed by atoms with E-state index in [1.54, 1.807) is 0 Å². The molecule has 0 saturated heterocycles. The Morgan fingerprint density at radius 1 is 0.316 bits per heavy atom. The van der Waals surface area contributed by atoms with Gasteiger partial charge in [-0.1, -0.05) is 182 Å². The van der Waals surface area contributed by atoms with E-state index in [0.717, 1.165) is 44.2 Å². The van der Waals surface area contributed by atoms with E-state index in [1.807, 2.05) is 60.7 Å². The third-order valence-electron chi connectivity index (χ3n) is 11.9. The molecule has 0 aliphatic heterocycles. The van der Waals surface area contributed by atoms with E-state index in [-0.39, 0.29) is 0 Å². The summed E-state index contributed by atoms with van der Waals surface area (Å²) in [5.74, 6) is 1.89. The second-order valence-corrected chi connectivity index (χ2v) is 14.9. The van der Waals surface area contributed by atoms with E-state index in [9.17, 15) is 0 Å². The maximum absolute atomic E-state index is 5.43. The summed E-state index contributed by atoms with van der Waals surface area (Å²) >= 11 is 0. The maximum atomic E-state index is 5.43. The van der Waals surface area contributed by atoms with Gasteiger partial charge >= 0.3 is 0 Å². The lowest BCUT2D eigenvalue weighted by Crippen LogP contribution is -2.25. The molecular formula is C53H32N4. The van der Waals surface area contributed by atoms with Crippen molar-refractivity contribution < 1.29 is 0 Å². The zero-order valence-corrected chi connectivity index (χ0v) is 30.8. The molecule has 0 unspecified atom stereocenters. The Bertz CT molecular complexity index is 3140. The molecule has 0 amide bonds. The molecular weight excluding hydrogens is 693 g/mol. The number of rotatable bonds is 4. The molecule has 2 aliphatic rings. The lowest BCUT2D eigenvalue weighted by Gasteiger charge is -2.30. The fraction of sp³-hybridized carbons (Fsp3) is 0.0189. The summed E-state index contributed by atoms with van der Waals surface area (Å²) in [6.07, 6.45) is 0. The van der Waals surface area contributed by atoms with Gasteiger partial charge < -0.3 is 0 Å². The Labute approximate surface area is 329 Å². The second kappa shape index (κ2) is 12.2. The van der Waals surface area contributed by atoms with Crippen molar-refractivity contribution in [2.24, 2.45) is 0 Å². The molecule has 0 saturated carbocycles. The number of pyridine rings is 1. The number of hydrogen-bond acceptors (Lipinski definition) is 4. The fourth-order valence-electron chi connectivity index (χ4n) is 9.59. The minimum absolute atomic E-state index is 0.427. The number of para-hydroxylation sites is 1. The maximum Gasteiger partial charge on any atom is 0.164 e. The van der Waals surface area contributed by atoms with Gasteiger partial charge in [-0.25, -0.2) is 19.9 Å². The summed E-state index contributed by atoms with van der Waals surface area (Å²) < 4.78 is 0. The van der Waals surface area contributed by atoms with Crippen LogP contribution < -0.4 is 0 Å². The molecule has 0 N–H and O–H groups in total. The SMILES string of the molecule is c1ccc(-c2nc(-c3ccccc3)nc(-c3cccc(-c4nc5ccccc5c5c6c(ccc45)C4(c5ccccc5-c5ccccc54)c4ccccc4-6)c3)n2)cc1. The third kappa shape index (κ3) is 4.56. The van der Waals surface area contributed by atoms with Crippen LogP contribution in [0.3, 0.4) is 0 Å². The molecule has 0 atom stereocenters. The molecule has 4 heteroatoms. The monoisotopic (exact) mass is 724 g/mol. The number of fused-ring (bicyclic) bond motifs is 14. The van der Waals surface area contributed by atoms with Crippen LogP contribution in [0.15, 0.2) is 194 Å². The molecule has 57 heavy (non-hydrogen) atoms. The van der Waals surface area contributed by atoms with Crippen molar-refractivity contribution in [1.29, 1.82) is 0 Å². The summed E-state index contributed by atoms with van der Waals surface area (Å²) in [4.78, 5) is 20.5. The zero-order chi connectivity index (χ0) is 37.5. The van der Waals surface area contributed by atoms with Crippen LogP contribution in [-0.4, -0.2) is 19.9 Å². The first-order valence-corrected chi connectivity index (χ1v) is 19.4. The van der Waals surface area contributed by atoms with Crippen molar-refractivity contribution in [3.63, 3.8) is 0 Å². The Morgan fingerprint density at radius 3 is 1.46 bits per heavy atom. The van der Waals surface area contributed by atoms with Crippen molar-refractivity contribution in [2.45, 2.75) is 5.41 Å². The standard InChI is InChI=1S/C53H32N4/c1-3-16-33(17-4-1)50-55-51(34-18-5-2-6-19-34)57-52(56-50)36-21-15-20-35(32-36)49-41-30-31-45-48(47(41)40-25-10-14-29-46(40)54-49)39-24-9-13-28-44(39)53(45)42-26-11-7-22-37(42)38-23-8-12-27-43(38)53/h1-32H. The fourth-order valence-corrected chi connectivity index (χ4v) is 9.59. The molecule has 2 aromatic heterocycles. The van der Waals surface area contributed by atoms with Crippen molar-refractivity contribution >= 4 is 21.7 Å². The van der Waals surface area contributed by atoms with Crippen molar-refractivity contribution in [1.82, 2.24) is 19.9 Å². The lowest BCUT2D eigenvalue weighted by molar-refractivity contribution is 0.794. The number of benzene rings is 8. The van der Waals surface area contributed by atoms with Crippen molar-refractivity contribution in [3.05, 3.63) is 216 Å². The summed E-state index contributed by atoms with van der Waals surface area (Å²) in [6.45, 7) is 0. The van der Waals surface area contributed by atoms with Crippen LogP contribution in [0, 0.1) is 0 Å². The molecule has 0 bridgehead atoms. The van der Waals surface area contributed by atoms with Gasteiger partial charge in [-0.05, 0) is 56.6 Å². The Morgan fingerprint density at radius 2 is 0.807 bits per heavy atom. The minimum Gasteiger partial charge on any atom is -0.247 e. The lowest BCUT2D eigenvalue weighted by atomic mass is 9.70. The van der Waals surface area contributed by atoms with Gasteiger partial charge in [0, 0.05) is 38.4 Å². The second-order valence-electron chi connectivity index (χ2n) is 14.9. The summed E-state index contributed by atoms with van der Waals surface area (Å²) in [5, 5.41) is 3.48. The Balaban J connectivity index is 1.11. The first kappa shape index (κ1) is 31.8. The number of nitrogens with zero attached hydrogens (tertiary/aromatic N) is 4. The largest absolute Gasteiger partial charge is 0.247 e. The van der Waals surface area contributed by atoms with Gasteiger partial charge in [0.15, 0.2) is 17.5 Å². The van der Waals surface area contributed by atoms with Crippen LogP contribution in [0.2, 0.25) is 0 Å². The first-order chi connectivity index (χ1) is 28.3. The first-order valence-electron chi connectivity index (χ1n) is 19.4. The van der Waals surface area contributed by atoms with Crippen LogP contribution in [0.5, 0.6) is 0 Å². The molecule has 0 radical (unpaired) electrons. The minimum atomic E-state index is -0.427. The van der Waals surface area contributed by atoms with Crippen LogP contribution in [0.4, 0.5) is 0 Å². The molecule has 12 rings (SSSR count). The highest BCUT2D eigenvalue weighted by atomic mass is 15.0. The predicted molar refractivity (Wildman–Crippen MR) is 231 cm³/mol. The van der Waals surface area contributed by atoms with Gasteiger partial charge in [-0.3, -0.25) is 0 Å². The van der Waals surface area contributed by atoms with Crippen molar-refractivity contribution in [2.75, 3.05) is 0 Å². The van der Waals surface area contributed by atoms with E-state index in [2.05, 4.69) is 133 Å². The topological polar surface area (TPSA) is 51.6 Å². The molecule has 1 spiro atoms. The highest BCUT2D eigenvalue weighted by Gasteiger charge is 2.52. The summed E-state index contributed by atoms with van der Waals surface area (Å²) in [6, 6.07) is 69.0. The third-order valence-corrected chi connectivity index (χ3v) is 11.9. The van der Waals surface area contributed by atoms with Gasteiger partial charge in [-0.2, -0.15) is 0 Å². The predicted octanol–water partition coefficient (Wildman–Crippen LogP) is 12.6. The zero-order valence-electron chi connectivity index (χ0n) is 30.8. The molecule has 0 fully saturated rings. The molecule has 4 nitrogen and oxygen atoms in total. The summed E-state index contributed by atoms with van der Waals surface area (Å²) in [7, 11) is 0. The molecule has 10 aromatic rings. The number of aromatic nitrogens is 4. The highest BCUT2D eigenvalue weighted by Crippen LogP contribution is 2.64. The average molecular weight is 725 g/mol. The van der Waals surface area contributed by atoms with Crippen molar-refractivity contribution in [3.8, 4) is 67.7 Å². The highest BCUT2D eigenvalue weighted by molar-refractivity contribution is 6.20. The van der Waals surface area contributed by atoms with E-state index in [1.165, 1.54) is 49.9 Å². The molecule has 264 valence electrons. The van der Waals surface area contributed by atoms with Crippen LogP contribution in [-0.2, 0) is 5.41 Å². The van der Waals surface area contributed by atoms with Gasteiger partial charge in [0.05, 0.1) is 16.6 Å². The van der Waals surface area contributed by atoms with Gasteiger partial charge in [-0.15, -0.1) is 0 Å². The smallest absolute Gasteiger partial charge is 0.164 e. The molecule has 8 aromatic carbocycles.